The summed E-state index contributed by atoms with van der Waals surface area (Å²) in [5.74, 6) is 0.293. The summed E-state index contributed by atoms with van der Waals surface area (Å²) < 4.78 is 1.64. The summed E-state index contributed by atoms with van der Waals surface area (Å²) in [5.41, 5.74) is 0.804. The summed E-state index contributed by atoms with van der Waals surface area (Å²) in [4.78, 5) is 0. The van der Waals surface area contributed by atoms with Gasteiger partial charge >= 0.3 is 0 Å². The first kappa shape index (κ1) is 9.61. The highest BCUT2D eigenvalue weighted by Gasteiger charge is 2.25. The molecule has 1 aromatic heterocycles. The highest BCUT2D eigenvalue weighted by atomic mass is 16.3. The van der Waals surface area contributed by atoms with Crippen LogP contribution in [-0.4, -0.2) is 33.2 Å². The standard InChI is InChI=1S/C9H16N4O/c1-13-8(6-11-12-13)9(14)7-3-2-4-10-5-7/h6-7,9-10,14H,2-5H2,1H3. The topological polar surface area (TPSA) is 63.0 Å². The minimum atomic E-state index is -0.442. The average Bonchev–Trinajstić information content (AvgIpc) is 2.65. The van der Waals surface area contributed by atoms with E-state index in [0.29, 0.717) is 5.92 Å². The van der Waals surface area contributed by atoms with Crippen molar-refractivity contribution in [1.82, 2.24) is 20.3 Å². The van der Waals surface area contributed by atoms with Crippen LogP contribution in [0.2, 0.25) is 0 Å². The summed E-state index contributed by atoms with van der Waals surface area (Å²) in [7, 11) is 1.81. The number of nitrogens with one attached hydrogen (secondary N) is 1. The number of nitrogens with zero attached hydrogens (tertiary/aromatic N) is 3. The first-order valence-electron chi connectivity index (χ1n) is 5.02. The van der Waals surface area contributed by atoms with Crippen LogP contribution >= 0.6 is 0 Å². The maximum Gasteiger partial charge on any atom is 0.101 e. The molecule has 0 spiro atoms. The molecule has 78 valence electrons. The molecule has 1 fully saturated rings. The van der Waals surface area contributed by atoms with E-state index in [2.05, 4.69) is 15.6 Å². The Kier molecular flexibility index (Phi) is 2.79. The summed E-state index contributed by atoms with van der Waals surface area (Å²) >= 11 is 0. The normalized spacial score (nSPS) is 24.9. The molecule has 1 aliphatic heterocycles. The van der Waals surface area contributed by atoms with Crippen molar-refractivity contribution < 1.29 is 5.11 Å². The van der Waals surface area contributed by atoms with Gasteiger partial charge in [0.05, 0.1) is 11.9 Å². The molecular weight excluding hydrogens is 180 g/mol. The van der Waals surface area contributed by atoms with Crippen LogP contribution in [0.1, 0.15) is 24.6 Å². The average molecular weight is 196 g/mol. The number of aromatic nitrogens is 3. The lowest BCUT2D eigenvalue weighted by atomic mass is 9.92. The smallest absolute Gasteiger partial charge is 0.101 e. The van der Waals surface area contributed by atoms with Gasteiger partial charge in [0.15, 0.2) is 0 Å². The van der Waals surface area contributed by atoms with Gasteiger partial charge < -0.3 is 10.4 Å². The second-order valence-electron chi connectivity index (χ2n) is 3.83. The molecule has 1 aliphatic rings. The van der Waals surface area contributed by atoms with Gasteiger partial charge in [-0.25, -0.2) is 4.68 Å². The molecule has 2 N–H and O–H groups in total. The Hall–Kier alpha value is -0.940. The van der Waals surface area contributed by atoms with Crippen molar-refractivity contribution in [3.8, 4) is 0 Å². The highest BCUT2D eigenvalue weighted by Crippen LogP contribution is 2.25. The predicted molar refractivity (Wildman–Crippen MR) is 51.6 cm³/mol. The second kappa shape index (κ2) is 4.06. The van der Waals surface area contributed by atoms with Crippen LogP contribution < -0.4 is 5.32 Å². The van der Waals surface area contributed by atoms with Crippen LogP contribution in [0.25, 0.3) is 0 Å². The quantitative estimate of drug-likeness (QED) is 0.690. The van der Waals surface area contributed by atoms with Crippen molar-refractivity contribution in [2.24, 2.45) is 13.0 Å². The molecule has 0 radical (unpaired) electrons. The molecule has 0 amide bonds. The fourth-order valence-corrected chi connectivity index (χ4v) is 1.96. The maximum atomic E-state index is 10.1. The first-order valence-corrected chi connectivity index (χ1v) is 5.02. The van der Waals surface area contributed by atoms with Gasteiger partial charge in [-0.3, -0.25) is 0 Å². The SMILES string of the molecule is Cn1nncc1C(O)C1CCCNC1. The minimum absolute atomic E-state index is 0.293. The maximum absolute atomic E-state index is 10.1. The molecule has 0 aliphatic carbocycles. The van der Waals surface area contributed by atoms with Crippen LogP contribution in [0, 0.1) is 5.92 Å². The number of rotatable bonds is 2. The lowest BCUT2D eigenvalue weighted by Crippen LogP contribution is -2.33. The molecule has 2 rings (SSSR count). The number of aryl methyl sites for hydroxylation is 1. The van der Waals surface area contributed by atoms with Crippen molar-refractivity contribution >= 4 is 0 Å². The Morgan fingerprint density at radius 1 is 1.71 bits per heavy atom. The molecule has 2 heterocycles. The molecule has 1 saturated heterocycles. The molecular formula is C9H16N4O. The van der Waals surface area contributed by atoms with Crippen molar-refractivity contribution in [3.05, 3.63) is 11.9 Å². The van der Waals surface area contributed by atoms with Crippen LogP contribution in [0.15, 0.2) is 6.20 Å². The molecule has 2 atom stereocenters. The lowest BCUT2D eigenvalue weighted by Gasteiger charge is -2.26. The number of piperidine rings is 1. The summed E-state index contributed by atoms with van der Waals surface area (Å²) in [6.07, 6.45) is 3.40. The summed E-state index contributed by atoms with van der Waals surface area (Å²) in [6, 6.07) is 0. The summed E-state index contributed by atoms with van der Waals surface area (Å²) in [5, 5.41) is 21.0. The zero-order valence-corrected chi connectivity index (χ0v) is 8.35. The Morgan fingerprint density at radius 3 is 3.14 bits per heavy atom. The Balaban J connectivity index is 2.07. The molecule has 1 aromatic rings. The van der Waals surface area contributed by atoms with E-state index >= 15 is 0 Å². The van der Waals surface area contributed by atoms with Gasteiger partial charge in [-0.2, -0.15) is 0 Å². The largest absolute Gasteiger partial charge is 0.386 e. The fraction of sp³-hybridized carbons (Fsp3) is 0.778. The number of aliphatic hydroxyl groups excluding tert-OH is 1. The summed E-state index contributed by atoms with van der Waals surface area (Å²) in [6.45, 7) is 1.94. The van der Waals surface area contributed by atoms with Crippen LogP contribution in [0.5, 0.6) is 0 Å². The van der Waals surface area contributed by atoms with E-state index in [0.717, 1.165) is 31.6 Å². The zero-order valence-electron chi connectivity index (χ0n) is 8.35. The van der Waals surface area contributed by atoms with Crippen LogP contribution in [0.3, 0.4) is 0 Å². The van der Waals surface area contributed by atoms with Gasteiger partial charge in [0.25, 0.3) is 0 Å². The number of aliphatic hydroxyl groups is 1. The van der Waals surface area contributed by atoms with E-state index in [-0.39, 0.29) is 0 Å². The van der Waals surface area contributed by atoms with Crippen LogP contribution in [0.4, 0.5) is 0 Å². The molecule has 0 aromatic carbocycles. The van der Waals surface area contributed by atoms with Gasteiger partial charge in [0.2, 0.25) is 0 Å². The monoisotopic (exact) mass is 196 g/mol. The zero-order chi connectivity index (χ0) is 9.97. The minimum Gasteiger partial charge on any atom is -0.386 e. The third kappa shape index (κ3) is 1.78. The molecule has 0 saturated carbocycles. The van der Waals surface area contributed by atoms with E-state index in [4.69, 9.17) is 0 Å². The molecule has 5 heteroatoms. The molecule has 5 nitrogen and oxygen atoms in total. The van der Waals surface area contributed by atoms with Gasteiger partial charge in [-0.1, -0.05) is 5.21 Å². The Labute approximate surface area is 83.1 Å². The lowest BCUT2D eigenvalue weighted by molar-refractivity contribution is 0.0848. The predicted octanol–water partition coefficient (Wildman–Crippen LogP) is -0.152. The van der Waals surface area contributed by atoms with Crippen LogP contribution in [-0.2, 0) is 7.05 Å². The van der Waals surface area contributed by atoms with Gasteiger partial charge in [0.1, 0.15) is 6.10 Å². The Morgan fingerprint density at radius 2 is 2.57 bits per heavy atom. The number of hydrogen-bond acceptors (Lipinski definition) is 4. The number of hydrogen-bond donors (Lipinski definition) is 2. The van der Waals surface area contributed by atoms with E-state index in [1.54, 1.807) is 10.9 Å². The third-order valence-corrected chi connectivity index (χ3v) is 2.83. The van der Waals surface area contributed by atoms with Crippen molar-refractivity contribution in [2.75, 3.05) is 13.1 Å². The van der Waals surface area contributed by atoms with Crippen molar-refractivity contribution in [1.29, 1.82) is 0 Å². The molecule has 0 bridgehead atoms. The third-order valence-electron chi connectivity index (χ3n) is 2.83. The van der Waals surface area contributed by atoms with Gasteiger partial charge in [-0.05, 0) is 19.4 Å². The van der Waals surface area contributed by atoms with E-state index in [1.807, 2.05) is 7.05 Å². The molecule has 14 heavy (non-hydrogen) atoms. The van der Waals surface area contributed by atoms with E-state index in [9.17, 15) is 5.11 Å². The van der Waals surface area contributed by atoms with Gasteiger partial charge in [-0.15, -0.1) is 5.10 Å². The fourth-order valence-electron chi connectivity index (χ4n) is 1.96. The second-order valence-corrected chi connectivity index (χ2v) is 3.83. The van der Waals surface area contributed by atoms with Gasteiger partial charge in [0, 0.05) is 19.5 Å². The van der Waals surface area contributed by atoms with Crippen molar-refractivity contribution in [2.45, 2.75) is 18.9 Å². The molecule has 2 unspecified atom stereocenters. The highest BCUT2D eigenvalue weighted by molar-refractivity contribution is 5.01. The van der Waals surface area contributed by atoms with Crippen molar-refractivity contribution in [3.63, 3.8) is 0 Å². The Bertz CT molecular complexity index is 293. The van der Waals surface area contributed by atoms with E-state index < -0.39 is 6.10 Å². The first-order chi connectivity index (χ1) is 6.79. The van der Waals surface area contributed by atoms with E-state index in [1.165, 1.54) is 0 Å².